The third kappa shape index (κ3) is 3.12. The van der Waals surface area contributed by atoms with Crippen LogP contribution in [0.2, 0.25) is 0 Å². The molecule has 1 fully saturated rings. The van der Waals surface area contributed by atoms with Crippen molar-refractivity contribution < 1.29 is 9.31 Å². The average Bonchev–Trinajstić information content (AvgIpc) is 2.57. The molecule has 1 aromatic heterocycles. The molecule has 1 aromatic rings. The first kappa shape index (κ1) is 16.0. The SMILES string of the molecule is Cc1nc(N)ccc1C=C(CN)B1OC(C)(C)C(C)(C)O1. The van der Waals surface area contributed by atoms with Gasteiger partial charge in [0.1, 0.15) is 5.82 Å². The maximum atomic E-state index is 6.04. The van der Waals surface area contributed by atoms with E-state index in [2.05, 4.69) is 4.98 Å². The van der Waals surface area contributed by atoms with Gasteiger partial charge >= 0.3 is 7.12 Å². The van der Waals surface area contributed by atoms with Crippen molar-refractivity contribution in [3.63, 3.8) is 0 Å². The van der Waals surface area contributed by atoms with E-state index in [0.29, 0.717) is 12.4 Å². The van der Waals surface area contributed by atoms with Crippen molar-refractivity contribution in [1.29, 1.82) is 0 Å². The van der Waals surface area contributed by atoms with Gasteiger partial charge in [-0.15, -0.1) is 0 Å². The highest BCUT2D eigenvalue weighted by molar-refractivity contribution is 6.55. The Hall–Kier alpha value is -1.37. The Kier molecular flexibility index (Phi) is 4.15. The fraction of sp³-hybridized carbons (Fsp3) is 0.533. The van der Waals surface area contributed by atoms with Gasteiger partial charge in [0.2, 0.25) is 0 Å². The Labute approximate surface area is 126 Å². The van der Waals surface area contributed by atoms with Gasteiger partial charge in [-0.25, -0.2) is 4.98 Å². The lowest BCUT2D eigenvalue weighted by molar-refractivity contribution is 0.00578. The molecule has 0 aromatic carbocycles. The molecule has 0 spiro atoms. The average molecular weight is 289 g/mol. The second-order valence-corrected chi connectivity index (χ2v) is 6.42. The molecular formula is C15H24BN3O2. The van der Waals surface area contributed by atoms with Gasteiger partial charge in [0.25, 0.3) is 0 Å². The Morgan fingerprint density at radius 1 is 1.24 bits per heavy atom. The number of anilines is 1. The van der Waals surface area contributed by atoms with Gasteiger partial charge < -0.3 is 20.8 Å². The second kappa shape index (κ2) is 5.44. The fourth-order valence-corrected chi connectivity index (χ4v) is 2.16. The summed E-state index contributed by atoms with van der Waals surface area (Å²) >= 11 is 0. The zero-order valence-corrected chi connectivity index (χ0v) is 13.4. The van der Waals surface area contributed by atoms with E-state index in [9.17, 15) is 0 Å². The van der Waals surface area contributed by atoms with Crippen LogP contribution in [0.25, 0.3) is 6.08 Å². The van der Waals surface area contributed by atoms with Gasteiger partial charge in [-0.1, -0.05) is 6.08 Å². The van der Waals surface area contributed by atoms with Gasteiger partial charge in [-0.05, 0) is 57.8 Å². The van der Waals surface area contributed by atoms with Gasteiger partial charge in [-0.2, -0.15) is 0 Å². The normalized spacial score (nSPS) is 20.9. The summed E-state index contributed by atoms with van der Waals surface area (Å²) < 4.78 is 12.1. The van der Waals surface area contributed by atoms with Crippen LogP contribution in [0.15, 0.2) is 17.6 Å². The number of aromatic nitrogens is 1. The maximum absolute atomic E-state index is 6.04. The van der Waals surface area contributed by atoms with Gasteiger partial charge in [-0.3, -0.25) is 0 Å². The molecule has 6 heteroatoms. The summed E-state index contributed by atoms with van der Waals surface area (Å²) in [5, 5.41) is 0. The third-order valence-electron chi connectivity index (χ3n) is 4.28. The van der Waals surface area contributed by atoms with Crippen LogP contribution in [-0.4, -0.2) is 29.8 Å². The van der Waals surface area contributed by atoms with E-state index in [-0.39, 0.29) is 11.2 Å². The van der Waals surface area contributed by atoms with E-state index in [4.69, 9.17) is 20.8 Å². The Morgan fingerprint density at radius 2 is 1.81 bits per heavy atom. The minimum atomic E-state index is -0.433. The largest absolute Gasteiger partial charge is 0.491 e. The predicted octanol–water partition coefficient (Wildman–Crippen LogP) is 1.95. The molecule has 1 aliphatic heterocycles. The number of pyridine rings is 1. The van der Waals surface area contributed by atoms with Crippen molar-refractivity contribution in [2.75, 3.05) is 12.3 Å². The van der Waals surface area contributed by atoms with Crippen LogP contribution in [0.3, 0.4) is 0 Å². The molecule has 5 nitrogen and oxygen atoms in total. The zero-order chi connectivity index (χ0) is 15.8. The molecule has 0 saturated carbocycles. The summed E-state index contributed by atoms with van der Waals surface area (Å²) in [4.78, 5) is 4.26. The van der Waals surface area contributed by atoms with Crippen LogP contribution < -0.4 is 11.5 Å². The predicted molar refractivity (Wildman–Crippen MR) is 86.5 cm³/mol. The third-order valence-corrected chi connectivity index (χ3v) is 4.28. The van der Waals surface area contributed by atoms with E-state index in [1.165, 1.54) is 0 Å². The highest BCUT2D eigenvalue weighted by Crippen LogP contribution is 2.38. The van der Waals surface area contributed by atoms with Crippen molar-refractivity contribution in [2.45, 2.75) is 45.8 Å². The highest BCUT2D eigenvalue weighted by atomic mass is 16.7. The lowest BCUT2D eigenvalue weighted by atomic mass is 9.77. The number of rotatable bonds is 3. The van der Waals surface area contributed by atoms with Gasteiger partial charge in [0.05, 0.1) is 11.2 Å². The van der Waals surface area contributed by atoms with E-state index in [0.717, 1.165) is 16.7 Å². The van der Waals surface area contributed by atoms with Crippen molar-refractivity contribution in [3.05, 3.63) is 28.9 Å². The summed E-state index contributed by atoms with van der Waals surface area (Å²) in [6.07, 6.45) is 1.98. The molecule has 0 aliphatic carbocycles. The van der Waals surface area contributed by atoms with Crippen LogP contribution in [0.1, 0.15) is 39.0 Å². The molecule has 0 unspecified atom stereocenters. The van der Waals surface area contributed by atoms with Crippen molar-refractivity contribution in [3.8, 4) is 0 Å². The zero-order valence-electron chi connectivity index (χ0n) is 13.4. The molecule has 0 atom stereocenters. The van der Waals surface area contributed by atoms with E-state index < -0.39 is 7.12 Å². The van der Waals surface area contributed by atoms with Crippen LogP contribution in [0.5, 0.6) is 0 Å². The Morgan fingerprint density at radius 3 is 2.29 bits per heavy atom. The van der Waals surface area contributed by atoms with Crippen molar-refractivity contribution >= 4 is 19.0 Å². The number of nitrogen functional groups attached to an aromatic ring is 1. The van der Waals surface area contributed by atoms with E-state index in [1.54, 1.807) is 6.07 Å². The first-order chi connectivity index (χ1) is 9.66. The highest BCUT2D eigenvalue weighted by Gasteiger charge is 2.52. The lowest BCUT2D eigenvalue weighted by Gasteiger charge is -2.32. The number of hydrogen-bond acceptors (Lipinski definition) is 5. The molecule has 21 heavy (non-hydrogen) atoms. The molecule has 1 aliphatic rings. The van der Waals surface area contributed by atoms with Gasteiger partial charge in [0.15, 0.2) is 0 Å². The van der Waals surface area contributed by atoms with Crippen LogP contribution in [-0.2, 0) is 9.31 Å². The van der Waals surface area contributed by atoms with Crippen molar-refractivity contribution in [1.82, 2.24) is 4.98 Å². The Balaban J connectivity index is 2.31. The molecule has 4 N–H and O–H groups in total. The number of nitrogens with two attached hydrogens (primary N) is 2. The minimum Gasteiger partial charge on any atom is -0.400 e. The summed E-state index contributed by atoms with van der Waals surface area (Å²) in [7, 11) is -0.433. The van der Waals surface area contributed by atoms with Crippen LogP contribution in [0.4, 0.5) is 5.82 Å². The maximum Gasteiger partial charge on any atom is 0.491 e. The van der Waals surface area contributed by atoms with Gasteiger partial charge in [0, 0.05) is 12.2 Å². The number of hydrogen-bond donors (Lipinski definition) is 2. The topological polar surface area (TPSA) is 83.4 Å². The van der Waals surface area contributed by atoms with E-state index >= 15 is 0 Å². The first-order valence-corrected chi connectivity index (χ1v) is 7.15. The van der Waals surface area contributed by atoms with Crippen LogP contribution in [0, 0.1) is 6.92 Å². The standard InChI is InChI=1S/C15H24BN3O2/c1-10-11(6-7-13(18)19-10)8-12(9-17)16-20-14(2,3)15(4,5)21-16/h6-8H,9,17H2,1-5H3,(H2,18,19). The molecule has 2 rings (SSSR count). The second-order valence-electron chi connectivity index (χ2n) is 6.42. The smallest absolute Gasteiger partial charge is 0.400 e. The molecule has 0 radical (unpaired) electrons. The number of nitrogens with zero attached hydrogens (tertiary/aromatic N) is 1. The Bertz CT molecular complexity index is 554. The quantitative estimate of drug-likeness (QED) is 0.831. The van der Waals surface area contributed by atoms with Crippen LogP contribution >= 0.6 is 0 Å². The van der Waals surface area contributed by atoms with E-state index in [1.807, 2.05) is 46.8 Å². The monoisotopic (exact) mass is 289 g/mol. The first-order valence-electron chi connectivity index (χ1n) is 7.15. The molecule has 114 valence electrons. The lowest BCUT2D eigenvalue weighted by Crippen LogP contribution is -2.41. The summed E-state index contributed by atoms with van der Waals surface area (Å²) in [6, 6.07) is 3.70. The summed E-state index contributed by atoms with van der Waals surface area (Å²) in [5.74, 6) is 0.509. The molecule has 1 saturated heterocycles. The molecular weight excluding hydrogens is 265 g/mol. The fourth-order valence-electron chi connectivity index (χ4n) is 2.16. The molecule has 0 amide bonds. The molecule has 0 bridgehead atoms. The van der Waals surface area contributed by atoms with Crippen molar-refractivity contribution in [2.24, 2.45) is 5.73 Å². The molecule has 2 heterocycles. The minimum absolute atomic E-state index is 0.362. The number of aryl methyl sites for hydroxylation is 1. The summed E-state index contributed by atoms with van der Waals surface area (Å²) in [6.45, 7) is 10.4. The summed E-state index contributed by atoms with van der Waals surface area (Å²) in [5.41, 5.74) is 13.5.